The summed E-state index contributed by atoms with van der Waals surface area (Å²) in [7, 11) is 0. The average molecular weight is 669 g/mol. The maximum atomic E-state index is 13.9. The Kier molecular flexibility index (Phi) is 11.9. The topological polar surface area (TPSA) is 142 Å². The van der Waals surface area contributed by atoms with Gasteiger partial charge in [-0.3, -0.25) is 14.4 Å². The number of nitrogens with zero attached hydrogens (tertiary/aromatic N) is 3. The number of carboxylic acids is 1. The standard InChI is InChI=1S/C38H41FN4O6/c1-2-3-4-5-6-19-49-31-14-11-26(12-15-31)30-22-40-35(41-23-30)27-9-7-25(8-10-27)20-33(37(46)43-18-17-29(24-43)38(47)48)42-36(45)28-13-16-34(44)32(39)21-28/h7-16,21-23,29,33,44H,2-6,17-20,24H2,1H3,(H,42,45)(H,47,48)/t29-,33-/m0/s1. The maximum absolute atomic E-state index is 13.9. The van der Waals surface area contributed by atoms with E-state index in [1.807, 2.05) is 48.5 Å². The lowest BCUT2D eigenvalue weighted by atomic mass is 10.0. The molecule has 2 heterocycles. The molecule has 1 aliphatic heterocycles. The normalized spacial score (nSPS) is 14.7. The predicted octanol–water partition coefficient (Wildman–Crippen LogP) is 6.28. The molecule has 0 spiro atoms. The van der Waals surface area contributed by atoms with Gasteiger partial charge in [0, 0.05) is 48.6 Å². The largest absolute Gasteiger partial charge is 0.505 e. The van der Waals surface area contributed by atoms with Crippen LogP contribution in [0.15, 0.2) is 79.1 Å². The first-order valence-corrected chi connectivity index (χ1v) is 16.7. The van der Waals surface area contributed by atoms with Gasteiger partial charge in [0.1, 0.15) is 11.8 Å². The number of hydrogen-bond acceptors (Lipinski definition) is 7. The number of amides is 2. The average Bonchev–Trinajstić information content (AvgIpc) is 3.62. The van der Waals surface area contributed by atoms with Crippen LogP contribution in [0, 0.1) is 11.7 Å². The molecule has 2 amide bonds. The number of ether oxygens (including phenoxy) is 1. The van der Waals surface area contributed by atoms with Crippen LogP contribution in [0.4, 0.5) is 4.39 Å². The van der Waals surface area contributed by atoms with Gasteiger partial charge in [-0.15, -0.1) is 0 Å². The van der Waals surface area contributed by atoms with E-state index in [4.69, 9.17) is 4.74 Å². The third kappa shape index (κ3) is 9.40. The zero-order valence-corrected chi connectivity index (χ0v) is 27.5. The van der Waals surface area contributed by atoms with Crippen molar-refractivity contribution in [3.63, 3.8) is 0 Å². The number of phenols is 1. The van der Waals surface area contributed by atoms with Crippen molar-refractivity contribution >= 4 is 17.8 Å². The third-order valence-electron chi connectivity index (χ3n) is 8.67. The van der Waals surface area contributed by atoms with Gasteiger partial charge in [0.2, 0.25) is 5.91 Å². The monoisotopic (exact) mass is 668 g/mol. The Morgan fingerprint density at radius 2 is 1.63 bits per heavy atom. The summed E-state index contributed by atoms with van der Waals surface area (Å²) in [5, 5.41) is 21.6. The Morgan fingerprint density at radius 1 is 0.939 bits per heavy atom. The third-order valence-corrected chi connectivity index (χ3v) is 8.67. The van der Waals surface area contributed by atoms with Crippen molar-refractivity contribution in [3.8, 4) is 34.0 Å². The minimum atomic E-state index is -1.04. The summed E-state index contributed by atoms with van der Waals surface area (Å²) in [5.74, 6) is -2.99. The number of nitrogens with one attached hydrogen (secondary N) is 1. The van der Waals surface area contributed by atoms with Crippen molar-refractivity contribution in [1.29, 1.82) is 0 Å². The molecule has 3 aromatic carbocycles. The molecular formula is C38H41FN4O6. The van der Waals surface area contributed by atoms with Gasteiger partial charge in [-0.05, 0) is 54.3 Å². The molecule has 0 unspecified atom stereocenters. The molecule has 0 bridgehead atoms. The highest BCUT2D eigenvalue weighted by Crippen LogP contribution is 2.25. The second-order valence-electron chi connectivity index (χ2n) is 12.3. The summed E-state index contributed by atoms with van der Waals surface area (Å²) in [6.07, 6.45) is 9.89. The van der Waals surface area contributed by atoms with E-state index in [-0.39, 0.29) is 25.1 Å². The van der Waals surface area contributed by atoms with E-state index < -0.39 is 41.3 Å². The highest BCUT2D eigenvalue weighted by Gasteiger charge is 2.35. The second-order valence-corrected chi connectivity index (χ2v) is 12.3. The first-order chi connectivity index (χ1) is 23.7. The highest BCUT2D eigenvalue weighted by atomic mass is 19.1. The molecule has 11 heteroatoms. The fourth-order valence-electron chi connectivity index (χ4n) is 5.76. The van der Waals surface area contributed by atoms with Gasteiger partial charge >= 0.3 is 5.97 Å². The lowest BCUT2D eigenvalue weighted by Crippen LogP contribution is -2.49. The molecule has 5 rings (SSSR count). The summed E-state index contributed by atoms with van der Waals surface area (Å²) < 4.78 is 19.8. The molecule has 0 aliphatic carbocycles. The van der Waals surface area contributed by atoms with Crippen LogP contribution in [-0.2, 0) is 16.0 Å². The highest BCUT2D eigenvalue weighted by molar-refractivity contribution is 5.98. The van der Waals surface area contributed by atoms with E-state index in [0.717, 1.165) is 46.6 Å². The molecule has 49 heavy (non-hydrogen) atoms. The number of carboxylic acid groups (broad SMARTS) is 1. The number of aliphatic carboxylic acids is 1. The van der Waals surface area contributed by atoms with E-state index in [9.17, 15) is 29.0 Å². The molecule has 0 saturated carbocycles. The summed E-state index contributed by atoms with van der Waals surface area (Å²) in [6, 6.07) is 17.3. The van der Waals surface area contributed by atoms with Gasteiger partial charge < -0.3 is 25.2 Å². The van der Waals surface area contributed by atoms with Crippen molar-refractivity contribution in [1.82, 2.24) is 20.2 Å². The van der Waals surface area contributed by atoms with Crippen LogP contribution in [0.2, 0.25) is 0 Å². The number of aromatic hydroxyl groups is 1. The van der Waals surface area contributed by atoms with E-state index in [2.05, 4.69) is 22.2 Å². The number of benzene rings is 3. The summed E-state index contributed by atoms with van der Waals surface area (Å²) >= 11 is 0. The quantitative estimate of drug-likeness (QED) is 0.126. The molecule has 0 radical (unpaired) electrons. The van der Waals surface area contributed by atoms with Crippen LogP contribution < -0.4 is 10.1 Å². The second kappa shape index (κ2) is 16.7. The van der Waals surface area contributed by atoms with Crippen molar-refractivity contribution < 1.29 is 33.7 Å². The van der Waals surface area contributed by atoms with E-state index >= 15 is 0 Å². The lowest BCUT2D eigenvalue weighted by Gasteiger charge is -2.24. The number of rotatable bonds is 15. The van der Waals surface area contributed by atoms with E-state index in [1.165, 1.54) is 36.6 Å². The number of phenolic OH excluding ortho intramolecular Hbond substituents is 1. The Bertz CT molecular complexity index is 1730. The number of aromatic nitrogens is 2. The molecule has 2 atom stereocenters. The molecule has 1 aromatic heterocycles. The molecule has 4 aromatic rings. The van der Waals surface area contributed by atoms with E-state index in [1.54, 1.807) is 12.4 Å². The molecule has 1 fully saturated rings. The molecule has 3 N–H and O–H groups in total. The smallest absolute Gasteiger partial charge is 0.308 e. The van der Waals surface area contributed by atoms with Gasteiger partial charge in [-0.2, -0.15) is 0 Å². The zero-order chi connectivity index (χ0) is 34.8. The lowest BCUT2D eigenvalue weighted by molar-refractivity contribution is -0.141. The fourth-order valence-corrected chi connectivity index (χ4v) is 5.76. The van der Waals surface area contributed by atoms with Gasteiger partial charge in [-0.1, -0.05) is 69.0 Å². The van der Waals surface area contributed by atoms with E-state index in [0.29, 0.717) is 18.9 Å². The van der Waals surface area contributed by atoms with Crippen LogP contribution >= 0.6 is 0 Å². The van der Waals surface area contributed by atoms with Crippen molar-refractivity contribution in [2.24, 2.45) is 5.92 Å². The molecular weight excluding hydrogens is 627 g/mol. The van der Waals surface area contributed by atoms with Crippen LogP contribution in [0.25, 0.3) is 22.5 Å². The number of unbranched alkanes of at least 4 members (excludes halogenated alkanes) is 4. The van der Waals surface area contributed by atoms with Crippen molar-refractivity contribution in [2.45, 2.75) is 57.9 Å². The first-order valence-electron chi connectivity index (χ1n) is 16.7. The van der Waals surface area contributed by atoms with Crippen LogP contribution in [0.1, 0.15) is 61.4 Å². The summed E-state index contributed by atoms with van der Waals surface area (Å²) in [6.45, 7) is 3.20. The number of carbonyl (C=O) groups excluding carboxylic acids is 2. The van der Waals surface area contributed by atoms with Gasteiger partial charge in [0.15, 0.2) is 17.4 Å². The Balaban J connectivity index is 1.23. The first kappa shape index (κ1) is 35.0. The number of halogens is 1. The minimum absolute atomic E-state index is 0.0394. The SMILES string of the molecule is CCCCCCCOc1ccc(-c2cnc(-c3ccc(C[C@H](NC(=O)c4ccc(O)c(F)c4)C(=O)N4CC[C@H](C(=O)O)C4)cc3)nc2)cc1. The number of hydrogen-bond donors (Lipinski definition) is 3. The summed E-state index contributed by atoms with van der Waals surface area (Å²) in [4.78, 5) is 48.6. The summed E-state index contributed by atoms with van der Waals surface area (Å²) in [5.41, 5.74) is 3.26. The maximum Gasteiger partial charge on any atom is 0.308 e. The Hall–Kier alpha value is -5.32. The predicted molar refractivity (Wildman–Crippen MR) is 183 cm³/mol. The van der Waals surface area contributed by atoms with Gasteiger partial charge in [-0.25, -0.2) is 14.4 Å². The van der Waals surface area contributed by atoms with Gasteiger partial charge in [0.05, 0.1) is 12.5 Å². The Morgan fingerprint density at radius 3 is 2.29 bits per heavy atom. The fraction of sp³-hybridized carbons (Fsp3) is 0.342. The molecule has 256 valence electrons. The van der Waals surface area contributed by atoms with Crippen molar-refractivity contribution in [3.05, 3.63) is 96.1 Å². The van der Waals surface area contributed by atoms with Crippen LogP contribution in [-0.4, -0.2) is 68.6 Å². The van der Waals surface area contributed by atoms with Gasteiger partial charge in [0.25, 0.3) is 5.91 Å². The zero-order valence-electron chi connectivity index (χ0n) is 27.5. The Labute approximate surface area is 285 Å². The van der Waals surface area contributed by atoms with Crippen LogP contribution in [0.3, 0.4) is 0 Å². The number of carbonyl (C=O) groups is 3. The number of likely N-dealkylation sites (tertiary alicyclic amines) is 1. The molecule has 10 nitrogen and oxygen atoms in total. The minimum Gasteiger partial charge on any atom is -0.505 e. The van der Waals surface area contributed by atoms with Crippen LogP contribution in [0.5, 0.6) is 11.5 Å². The van der Waals surface area contributed by atoms with Crippen molar-refractivity contribution in [2.75, 3.05) is 19.7 Å². The molecule has 1 saturated heterocycles. The molecule has 1 aliphatic rings.